The average molecular weight is 352 g/mol. The van der Waals surface area contributed by atoms with Gasteiger partial charge in [0.05, 0.1) is 6.20 Å². The van der Waals surface area contributed by atoms with Gasteiger partial charge in [0.15, 0.2) is 12.1 Å². The second kappa shape index (κ2) is 5.92. The predicted molar refractivity (Wildman–Crippen MR) is 74.4 cm³/mol. The smallest absolute Gasteiger partial charge is 0.185 e. The monoisotopic (exact) mass is 352 g/mol. The number of rotatable bonds is 6. The molecule has 0 saturated carbocycles. The SMILES string of the molecule is C[Si](C)(C)CCOCn1c(I)cnc1C=O. The highest BCUT2D eigenvalue weighted by Gasteiger charge is 2.12. The Labute approximate surface area is 111 Å². The molecule has 0 aliphatic heterocycles. The summed E-state index contributed by atoms with van der Waals surface area (Å²) < 4.78 is 8.27. The van der Waals surface area contributed by atoms with E-state index in [1.807, 2.05) is 0 Å². The van der Waals surface area contributed by atoms with E-state index in [-0.39, 0.29) is 0 Å². The van der Waals surface area contributed by atoms with E-state index in [2.05, 4.69) is 47.2 Å². The first-order chi connectivity index (χ1) is 7.44. The molecule has 0 bridgehead atoms. The summed E-state index contributed by atoms with van der Waals surface area (Å²) in [6.07, 6.45) is 2.43. The molecule has 0 saturated heterocycles. The lowest BCUT2D eigenvalue weighted by atomic mass is 10.7. The van der Waals surface area contributed by atoms with E-state index in [9.17, 15) is 4.79 Å². The van der Waals surface area contributed by atoms with Crippen LogP contribution in [0, 0.1) is 3.70 Å². The van der Waals surface area contributed by atoms with E-state index < -0.39 is 8.07 Å². The minimum absolute atomic E-state index is 0.414. The molecule has 90 valence electrons. The molecule has 0 atom stereocenters. The number of ether oxygens (including phenoxy) is 1. The van der Waals surface area contributed by atoms with Gasteiger partial charge in [0.25, 0.3) is 0 Å². The van der Waals surface area contributed by atoms with Crippen LogP contribution < -0.4 is 0 Å². The molecular formula is C10H17IN2O2Si. The van der Waals surface area contributed by atoms with Gasteiger partial charge >= 0.3 is 0 Å². The van der Waals surface area contributed by atoms with Crippen molar-refractivity contribution < 1.29 is 9.53 Å². The number of hydrogen-bond donors (Lipinski definition) is 0. The Hall–Kier alpha value is -0.213. The molecule has 0 amide bonds. The van der Waals surface area contributed by atoms with Gasteiger partial charge in [0.2, 0.25) is 0 Å². The minimum atomic E-state index is -1.04. The lowest BCUT2D eigenvalue weighted by molar-refractivity contribution is 0.0817. The van der Waals surface area contributed by atoms with Crippen LogP contribution in [-0.4, -0.2) is 30.5 Å². The zero-order valence-corrected chi connectivity index (χ0v) is 13.0. The zero-order chi connectivity index (χ0) is 12.2. The van der Waals surface area contributed by atoms with Crippen LogP contribution in [0.25, 0.3) is 0 Å². The topological polar surface area (TPSA) is 44.1 Å². The van der Waals surface area contributed by atoms with Crippen molar-refractivity contribution in [3.8, 4) is 0 Å². The summed E-state index contributed by atoms with van der Waals surface area (Å²) in [6, 6.07) is 1.13. The average Bonchev–Trinajstić information content (AvgIpc) is 2.53. The van der Waals surface area contributed by atoms with Gasteiger partial charge in [-0.1, -0.05) is 19.6 Å². The molecule has 1 rings (SSSR count). The summed E-state index contributed by atoms with van der Waals surface area (Å²) in [6.45, 7) is 8.11. The van der Waals surface area contributed by atoms with Gasteiger partial charge in [-0.05, 0) is 28.6 Å². The Morgan fingerprint density at radius 2 is 2.25 bits per heavy atom. The van der Waals surface area contributed by atoms with E-state index in [4.69, 9.17) is 4.74 Å². The maximum Gasteiger partial charge on any atom is 0.185 e. The number of aldehydes is 1. The predicted octanol–water partition coefficient (Wildman–Crippen LogP) is 2.61. The van der Waals surface area contributed by atoms with Crippen molar-refractivity contribution in [2.75, 3.05) is 6.61 Å². The van der Waals surface area contributed by atoms with E-state index in [0.717, 1.165) is 22.6 Å². The molecule has 0 spiro atoms. The van der Waals surface area contributed by atoms with Crippen molar-refractivity contribution in [2.24, 2.45) is 0 Å². The van der Waals surface area contributed by atoms with Crippen molar-refractivity contribution in [1.82, 2.24) is 9.55 Å². The van der Waals surface area contributed by atoms with Crippen LogP contribution in [0.2, 0.25) is 25.7 Å². The van der Waals surface area contributed by atoms with E-state index >= 15 is 0 Å². The highest BCUT2D eigenvalue weighted by Crippen LogP contribution is 2.10. The molecule has 0 aliphatic carbocycles. The Morgan fingerprint density at radius 1 is 1.56 bits per heavy atom. The number of hydrogen-bond acceptors (Lipinski definition) is 3. The van der Waals surface area contributed by atoms with Crippen LogP contribution in [0.5, 0.6) is 0 Å². The molecule has 1 heterocycles. The Kier molecular flexibility index (Phi) is 5.13. The second-order valence-corrected chi connectivity index (χ2v) is 11.6. The first-order valence-corrected chi connectivity index (χ1v) is 9.96. The van der Waals surface area contributed by atoms with Gasteiger partial charge < -0.3 is 4.74 Å². The fraction of sp³-hybridized carbons (Fsp3) is 0.600. The summed E-state index contributed by atoms with van der Waals surface area (Å²) in [5.41, 5.74) is 0. The van der Waals surface area contributed by atoms with Gasteiger partial charge in [0, 0.05) is 14.7 Å². The molecule has 0 radical (unpaired) electrons. The molecule has 0 unspecified atom stereocenters. The standard InChI is InChI=1S/C10H17IN2O2Si/c1-16(2,3)5-4-15-8-13-9(11)6-12-10(13)7-14/h6-7H,4-5,8H2,1-3H3. The molecular weight excluding hydrogens is 335 g/mol. The summed E-state index contributed by atoms with van der Waals surface area (Å²) >= 11 is 2.14. The molecule has 0 N–H and O–H groups in total. The third-order valence-electron chi connectivity index (χ3n) is 2.16. The Balaban J connectivity index is 2.43. The number of aromatic nitrogens is 2. The molecule has 0 aliphatic rings. The zero-order valence-electron chi connectivity index (χ0n) is 9.86. The first kappa shape index (κ1) is 13.9. The van der Waals surface area contributed by atoms with Gasteiger partial charge in [0.1, 0.15) is 10.4 Å². The summed E-state index contributed by atoms with van der Waals surface area (Å²) in [5.74, 6) is 0.428. The number of imidazole rings is 1. The highest BCUT2D eigenvalue weighted by atomic mass is 127. The Morgan fingerprint density at radius 3 is 2.81 bits per heavy atom. The normalized spacial score (nSPS) is 11.8. The van der Waals surface area contributed by atoms with Gasteiger partial charge in [-0.3, -0.25) is 9.36 Å². The van der Waals surface area contributed by atoms with Crippen molar-refractivity contribution in [2.45, 2.75) is 32.4 Å². The highest BCUT2D eigenvalue weighted by molar-refractivity contribution is 14.1. The van der Waals surface area contributed by atoms with Gasteiger partial charge in [-0.15, -0.1) is 0 Å². The molecule has 1 aromatic heterocycles. The molecule has 16 heavy (non-hydrogen) atoms. The lowest BCUT2D eigenvalue weighted by Gasteiger charge is -2.15. The number of carbonyl (C=O) groups is 1. The lowest BCUT2D eigenvalue weighted by Crippen LogP contribution is -2.22. The van der Waals surface area contributed by atoms with Crippen LogP contribution in [0.1, 0.15) is 10.6 Å². The summed E-state index contributed by atoms with van der Waals surface area (Å²) in [5, 5.41) is 0. The molecule has 0 fully saturated rings. The summed E-state index contributed by atoms with van der Waals surface area (Å²) in [4.78, 5) is 14.7. The third kappa shape index (κ3) is 4.34. The van der Waals surface area contributed by atoms with Crippen LogP contribution in [0.3, 0.4) is 0 Å². The number of nitrogens with zero attached hydrogens (tertiary/aromatic N) is 2. The van der Waals surface area contributed by atoms with Crippen LogP contribution in [-0.2, 0) is 11.5 Å². The van der Waals surface area contributed by atoms with Crippen molar-refractivity contribution in [3.63, 3.8) is 0 Å². The number of halogens is 1. The molecule has 4 nitrogen and oxygen atoms in total. The van der Waals surface area contributed by atoms with E-state index in [1.165, 1.54) is 0 Å². The van der Waals surface area contributed by atoms with Crippen molar-refractivity contribution in [3.05, 3.63) is 15.7 Å². The first-order valence-electron chi connectivity index (χ1n) is 5.18. The fourth-order valence-corrected chi connectivity index (χ4v) is 2.41. The largest absolute Gasteiger partial charge is 0.361 e. The van der Waals surface area contributed by atoms with Crippen LogP contribution >= 0.6 is 22.6 Å². The third-order valence-corrected chi connectivity index (χ3v) is 4.72. The number of carbonyl (C=O) groups excluding carboxylic acids is 1. The molecule has 0 aromatic carbocycles. The van der Waals surface area contributed by atoms with Gasteiger partial charge in [-0.25, -0.2) is 4.98 Å². The Bertz CT molecular complexity index is 360. The van der Waals surface area contributed by atoms with Crippen LogP contribution in [0.15, 0.2) is 6.20 Å². The minimum Gasteiger partial charge on any atom is -0.361 e. The van der Waals surface area contributed by atoms with E-state index in [1.54, 1.807) is 10.8 Å². The quantitative estimate of drug-likeness (QED) is 0.342. The molecule has 1 aromatic rings. The maximum atomic E-state index is 10.7. The van der Waals surface area contributed by atoms with Crippen molar-refractivity contribution in [1.29, 1.82) is 0 Å². The van der Waals surface area contributed by atoms with Crippen molar-refractivity contribution >= 4 is 37.0 Å². The fourth-order valence-electron chi connectivity index (χ4n) is 1.12. The maximum absolute atomic E-state index is 10.7. The molecule has 6 heteroatoms. The van der Waals surface area contributed by atoms with E-state index in [0.29, 0.717) is 12.6 Å². The van der Waals surface area contributed by atoms with Gasteiger partial charge in [-0.2, -0.15) is 0 Å². The summed E-state index contributed by atoms with van der Waals surface area (Å²) in [7, 11) is -1.04. The van der Waals surface area contributed by atoms with Crippen LogP contribution in [0.4, 0.5) is 0 Å². The second-order valence-electron chi connectivity index (χ2n) is 4.83.